The molecule has 0 unspecified atom stereocenters. The van der Waals surface area contributed by atoms with Gasteiger partial charge >= 0.3 is 5.97 Å². The van der Waals surface area contributed by atoms with E-state index < -0.39 is 17.6 Å². The highest BCUT2D eigenvalue weighted by Crippen LogP contribution is 2.21. The van der Waals surface area contributed by atoms with E-state index in [1.165, 1.54) is 18.2 Å². The monoisotopic (exact) mass is 298 g/mol. The van der Waals surface area contributed by atoms with Gasteiger partial charge in [0.2, 0.25) is 0 Å². The average Bonchev–Trinajstić information content (AvgIpc) is 2.37. The molecule has 0 aliphatic rings. The fourth-order valence-corrected chi connectivity index (χ4v) is 1.79. The number of benzene rings is 2. The van der Waals surface area contributed by atoms with E-state index in [0.29, 0.717) is 5.56 Å². The molecule has 1 N–H and O–H groups in total. The van der Waals surface area contributed by atoms with Gasteiger partial charge in [-0.05, 0) is 24.3 Å². The Morgan fingerprint density at radius 3 is 2.55 bits per heavy atom. The molecule has 104 valence electrons. The van der Waals surface area contributed by atoms with Gasteiger partial charge in [0.1, 0.15) is 24.0 Å². The molecular formula is C14H9ClF2O3. The molecule has 0 amide bonds. The van der Waals surface area contributed by atoms with Gasteiger partial charge in [-0.1, -0.05) is 17.7 Å². The summed E-state index contributed by atoms with van der Waals surface area (Å²) < 4.78 is 31.4. The van der Waals surface area contributed by atoms with Crippen molar-refractivity contribution in [1.29, 1.82) is 0 Å². The number of ether oxygens (including phenoxy) is 1. The second kappa shape index (κ2) is 5.88. The molecule has 0 spiro atoms. The average molecular weight is 299 g/mol. The van der Waals surface area contributed by atoms with Crippen LogP contribution in [0.5, 0.6) is 5.75 Å². The van der Waals surface area contributed by atoms with Crippen LogP contribution in [0.15, 0.2) is 36.4 Å². The minimum absolute atomic E-state index is 0.0262. The van der Waals surface area contributed by atoms with E-state index >= 15 is 0 Å². The number of halogens is 3. The summed E-state index contributed by atoms with van der Waals surface area (Å²) in [5.41, 5.74) is 0.291. The smallest absolute Gasteiger partial charge is 0.335 e. The molecular weight excluding hydrogens is 290 g/mol. The highest BCUT2D eigenvalue weighted by Gasteiger charge is 2.09. The summed E-state index contributed by atoms with van der Waals surface area (Å²) in [7, 11) is 0. The van der Waals surface area contributed by atoms with Gasteiger partial charge in [0, 0.05) is 11.6 Å². The highest BCUT2D eigenvalue weighted by molar-refractivity contribution is 6.31. The van der Waals surface area contributed by atoms with Crippen LogP contribution in [0.2, 0.25) is 5.02 Å². The van der Waals surface area contributed by atoms with Crippen molar-refractivity contribution in [3.8, 4) is 5.75 Å². The lowest BCUT2D eigenvalue weighted by Crippen LogP contribution is -2.01. The predicted octanol–water partition coefficient (Wildman–Crippen LogP) is 3.90. The molecule has 0 saturated carbocycles. The Hall–Kier alpha value is -2.14. The van der Waals surface area contributed by atoms with E-state index in [-0.39, 0.29) is 22.9 Å². The summed E-state index contributed by atoms with van der Waals surface area (Å²) in [5, 5.41) is 8.99. The third-order valence-corrected chi connectivity index (χ3v) is 2.88. The Morgan fingerprint density at radius 2 is 1.90 bits per heavy atom. The maximum absolute atomic E-state index is 13.2. The van der Waals surface area contributed by atoms with Crippen LogP contribution in [-0.2, 0) is 6.61 Å². The Balaban J connectivity index is 2.16. The third kappa shape index (κ3) is 3.45. The molecule has 0 radical (unpaired) electrons. The number of carbonyl (C=O) groups is 1. The molecule has 0 aromatic heterocycles. The Morgan fingerprint density at radius 1 is 1.15 bits per heavy atom. The van der Waals surface area contributed by atoms with Gasteiger partial charge in [0.05, 0.1) is 10.6 Å². The van der Waals surface area contributed by atoms with Gasteiger partial charge in [-0.3, -0.25) is 0 Å². The van der Waals surface area contributed by atoms with Crippen LogP contribution >= 0.6 is 11.6 Å². The van der Waals surface area contributed by atoms with E-state index in [0.717, 1.165) is 18.2 Å². The van der Waals surface area contributed by atoms with Crippen LogP contribution in [0.4, 0.5) is 8.78 Å². The number of aromatic carboxylic acids is 1. The second-order valence-corrected chi connectivity index (χ2v) is 4.41. The number of carboxylic acid groups (broad SMARTS) is 1. The first-order valence-corrected chi connectivity index (χ1v) is 5.94. The van der Waals surface area contributed by atoms with Crippen LogP contribution in [-0.4, -0.2) is 11.1 Å². The van der Waals surface area contributed by atoms with E-state index in [1.807, 2.05) is 0 Å². The summed E-state index contributed by atoms with van der Waals surface area (Å²) in [6.45, 7) is -0.0262. The molecule has 0 bridgehead atoms. The molecule has 6 heteroatoms. The SMILES string of the molecule is O=C(O)c1cc(F)cc(OCc2ccc(F)cc2Cl)c1. The van der Waals surface area contributed by atoms with E-state index in [9.17, 15) is 13.6 Å². The Kier molecular flexibility index (Phi) is 4.20. The van der Waals surface area contributed by atoms with E-state index in [4.69, 9.17) is 21.4 Å². The largest absolute Gasteiger partial charge is 0.489 e. The third-order valence-electron chi connectivity index (χ3n) is 2.53. The van der Waals surface area contributed by atoms with Crippen molar-refractivity contribution >= 4 is 17.6 Å². The molecule has 2 aromatic carbocycles. The number of rotatable bonds is 4. The Bertz CT molecular complexity index is 659. The zero-order valence-corrected chi connectivity index (χ0v) is 10.8. The second-order valence-electron chi connectivity index (χ2n) is 4.01. The molecule has 0 heterocycles. The van der Waals surface area contributed by atoms with E-state index in [1.54, 1.807) is 0 Å². The summed E-state index contributed by atoms with van der Waals surface area (Å²) in [5.74, 6) is -2.39. The minimum atomic E-state index is -1.26. The first-order valence-electron chi connectivity index (χ1n) is 5.56. The van der Waals surface area contributed by atoms with Gasteiger partial charge < -0.3 is 9.84 Å². The van der Waals surface area contributed by atoms with Crippen LogP contribution < -0.4 is 4.74 Å². The van der Waals surface area contributed by atoms with Gasteiger partial charge in [-0.15, -0.1) is 0 Å². The molecule has 0 aliphatic heterocycles. The number of hydrogen-bond acceptors (Lipinski definition) is 2. The van der Waals surface area contributed by atoms with Crippen molar-refractivity contribution in [3.63, 3.8) is 0 Å². The molecule has 0 saturated heterocycles. The zero-order chi connectivity index (χ0) is 14.7. The van der Waals surface area contributed by atoms with Crippen molar-refractivity contribution in [2.24, 2.45) is 0 Å². The lowest BCUT2D eigenvalue weighted by Gasteiger charge is -2.09. The van der Waals surface area contributed by atoms with Crippen molar-refractivity contribution in [2.45, 2.75) is 6.61 Å². The van der Waals surface area contributed by atoms with Gasteiger partial charge in [0.25, 0.3) is 0 Å². The van der Waals surface area contributed by atoms with Crippen molar-refractivity contribution in [3.05, 3.63) is 64.2 Å². The van der Waals surface area contributed by atoms with E-state index in [2.05, 4.69) is 0 Å². The lowest BCUT2D eigenvalue weighted by molar-refractivity contribution is 0.0695. The summed E-state index contributed by atoms with van der Waals surface area (Å²) in [4.78, 5) is 10.8. The molecule has 0 atom stereocenters. The van der Waals surface area contributed by atoms with Gasteiger partial charge in [0.15, 0.2) is 0 Å². The first kappa shape index (κ1) is 14.3. The highest BCUT2D eigenvalue weighted by atomic mass is 35.5. The molecule has 2 rings (SSSR count). The standard InChI is InChI=1S/C14H9ClF2O3/c15-13-6-10(16)2-1-8(13)7-20-12-4-9(14(18)19)3-11(17)5-12/h1-6H,7H2,(H,18,19). The molecule has 0 aliphatic carbocycles. The summed E-state index contributed by atoms with van der Waals surface area (Å²) in [6, 6.07) is 6.94. The van der Waals surface area contributed by atoms with Crippen LogP contribution in [0, 0.1) is 11.6 Å². The number of carboxylic acids is 1. The van der Waals surface area contributed by atoms with Crippen molar-refractivity contribution < 1.29 is 23.4 Å². The van der Waals surface area contributed by atoms with Gasteiger partial charge in [-0.25, -0.2) is 13.6 Å². The van der Waals surface area contributed by atoms with Crippen molar-refractivity contribution in [1.82, 2.24) is 0 Å². The quantitative estimate of drug-likeness (QED) is 0.931. The predicted molar refractivity (Wildman–Crippen MR) is 69.1 cm³/mol. The Labute approximate surface area is 118 Å². The van der Waals surface area contributed by atoms with Crippen molar-refractivity contribution in [2.75, 3.05) is 0 Å². The van der Waals surface area contributed by atoms with Crippen LogP contribution in [0.1, 0.15) is 15.9 Å². The lowest BCUT2D eigenvalue weighted by atomic mass is 10.2. The molecule has 0 fully saturated rings. The minimum Gasteiger partial charge on any atom is -0.489 e. The molecule has 20 heavy (non-hydrogen) atoms. The maximum atomic E-state index is 13.2. The fraction of sp³-hybridized carbons (Fsp3) is 0.0714. The van der Waals surface area contributed by atoms with Crippen LogP contribution in [0.3, 0.4) is 0 Å². The first-order chi connectivity index (χ1) is 9.45. The summed E-state index contributed by atoms with van der Waals surface area (Å²) >= 11 is 5.82. The van der Waals surface area contributed by atoms with Crippen LogP contribution in [0.25, 0.3) is 0 Å². The summed E-state index contributed by atoms with van der Waals surface area (Å²) in [6.07, 6.45) is 0. The normalized spacial score (nSPS) is 10.3. The number of hydrogen-bond donors (Lipinski definition) is 1. The molecule has 3 nitrogen and oxygen atoms in total. The molecule has 2 aromatic rings. The maximum Gasteiger partial charge on any atom is 0.335 e. The van der Waals surface area contributed by atoms with Gasteiger partial charge in [-0.2, -0.15) is 0 Å². The fourth-order valence-electron chi connectivity index (χ4n) is 1.57. The zero-order valence-electron chi connectivity index (χ0n) is 10.1. The topological polar surface area (TPSA) is 46.5 Å².